The lowest BCUT2D eigenvalue weighted by Gasteiger charge is -2.07. The number of aryl methyl sites for hydroxylation is 1. The van der Waals surface area contributed by atoms with E-state index in [1.165, 1.54) is 0 Å². The standard InChI is InChI=1S/C24H20O5/c1-5-23(25)29-20-11-8-18(14-16(20)4)22-13-12-21(28-22)17-6-9-19(10-7-17)27-24(26)15(2)3/h5-14H,1-2H2,3-4H3. The monoisotopic (exact) mass is 388 g/mol. The van der Waals surface area contributed by atoms with E-state index in [4.69, 9.17) is 13.9 Å². The molecule has 0 fully saturated rings. The van der Waals surface area contributed by atoms with Crippen molar-refractivity contribution in [2.75, 3.05) is 0 Å². The summed E-state index contributed by atoms with van der Waals surface area (Å²) in [4.78, 5) is 23.0. The molecule has 0 amide bonds. The summed E-state index contributed by atoms with van der Waals surface area (Å²) in [6.07, 6.45) is 1.12. The van der Waals surface area contributed by atoms with Crippen LogP contribution in [-0.2, 0) is 9.59 Å². The summed E-state index contributed by atoms with van der Waals surface area (Å²) in [5, 5.41) is 0. The van der Waals surface area contributed by atoms with Gasteiger partial charge in [-0.2, -0.15) is 0 Å². The molecule has 0 aliphatic rings. The molecule has 0 saturated carbocycles. The third-order valence-corrected chi connectivity index (χ3v) is 4.14. The maximum absolute atomic E-state index is 11.6. The molecule has 0 spiro atoms. The molecule has 0 radical (unpaired) electrons. The van der Waals surface area contributed by atoms with Gasteiger partial charge in [-0.25, -0.2) is 9.59 Å². The highest BCUT2D eigenvalue weighted by Crippen LogP contribution is 2.32. The number of rotatable bonds is 6. The average Bonchev–Trinajstić information content (AvgIpc) is 3.20. The maximum Gasteiger partial charge on any atom is 0.338 e. The van der Waals surface area contributed by atoms with Crippen LogP contribution in [0.2, 0.25) is 0 Å². The van der Waals surface area contributed by atoms with Crippen LogP contribution in [0.3, 0.4) is 0 Å². The Kier molecular flexibility index (Phi) is 5.79. The van der Waals surface area contributed by atoms with Crippen molar-refractivity contribution < 1.29 is 23.5 Å². The number of carbonyl (C=O) groups excluding carboxylic acids is 2. The predicted molar refractivity (Wildman–Crippen MR) is 111 cm³/mol. The number of hydrogen-bond donors (Lipinski definition) is 0. The van der Waals surface area contributed by atoms with Crippen molar-refractivity contribution in [1.82, 2.24) is 0 Å². The molecule has 1 aromatic heterocycles. The van der Waals surface area contributed by atoms with Crippen LogP contribution in [0.4, 0.5) is 0 Å². The largest absolute Gasteiger partial charge is 0.456 e. The summed E-state index contributed by atoms with van der Waals surface area (Å²) in [5.74, 6) is 1.31. The van der Waals surface area contributed by atoms with Crippen LogP contribution in [-0.4, -0.2) is 11.9 Å². The summed E-state index contributed by atoms with van der Waals surface area (Å²) >= 11 is 0. The van der Waals surface area contributed by atoms with Gasteiger partial charge in [-0.05, 0) is 74.0 Å². The van der Waals surface area contributed by atoms with Gasteiger partial charge < -0.3 is 13.9 Å². The number of benzene rings is 2. The second-order valence-electron chi connectivity index (χ2n) is 6.46. The van der Waals surface area contributed by atoms with Crippen LogP contribution in [0.1, 0.15) is 12.5 Å². The molecule has 3 rings (SSSR count). The van der Waals surface area contributed by atoms with Gasteiger partial charge in [0, 0.05) is 22.8 Å². The molecule has 0 aliphatic carbocycles. The van der Waals surface area contributed by atoms with E-state index in [-0.39, 0.29) is 0 Å². The summed E-state index contributed by atoms with van der Waals surface area (Å²) in [6.45, 7) is 10.4. The molecule has 29 heavy (non-hydrogen) atoms. The molecule has 5 heteroatoms. The van der Waals surface area contributed by atoms with E-state index in [1.54, 1.807) is 25.1 Å². The van der Waals surface area contributed by atoms with Gasteiger partial charge in [-0.15, -0.1) is 0 Å². The second kappa shape index (κ2) is 8.44. The zero-order valence-electron chi connectivity index (χ0n) is 16.2. The quantitative estimate of drug-likeness (QED) is 0.317. The molecular weight excluding hydrogens is 368 g/mol. The second-order valence-corrected chi connectivity index (χ2v) is 6.46. The highest BCUT2D eigenvalue weighted by atomic mass is 16.5. The molecule has 0 N–H and O–H groups in total. The van der Waals surface area contributed by atoms with Gasteiger partial charge in [0.25, 0.3) is 0 Å². The minimum absolute atomic E-state index is 0.338. The van der Waals surface area contributed by atoms with Gasteiger partial charge in [0.2, 0.25) is 0 Å². The van der Waals surface area contributed by atoms with E-state index in [2.05, 4.69) is 13.2 Å². The average molecular weight is 388 g/mol. The predicted octanol–water partition coefficient (Wildman–Crippen LogP) is 5.49. The molecule has 0 atom stereocenters. The van der Waals surface area contributed by atoms with Crippen LogP contribution >= 0.6 is 0 Å². The Bertz CT molecular complexity index is 1090. The Morgan fingerprint density at radius 1 is 0.931 bits per heavy atom. The Hall–Kier alpha value is -3.86. The van der Waals surface area contributed by atoms with E-state index in [9.17, 15) is 9.59 Å². The molecule has 5 nitrogen and oxygen atoms in total. The van der Waals surface area contributed by atoms with Crippen LogP contribution < -0.4 is 9.47 Å². The van der Waals surface area contributed by atoms with E-state index in [0.29, 0.717) is 28.6 Å². The normalized spacial score (nSPS) is 10.3. The first-order chi connectivity index (χ1) is 13.9. The Morgan fingerprint density at radius 2 is 1.55 bits per heavy atom. The van der Waals surface area contributed by atoms with Crippen molar-refractivity contribution in [3.8, 4) is 34.1 Å². The molecule has 2 aromatic carbocycles. The van der Waals surface area contributed by atoms with Crippen LogP contribution in [0.15, 0.2) is 83.8 Å². The molecular formula is C24H20O5. The van der Waals surface area contributed by atoms with E-state index in [1.807, 2.05) is 43.3 Å². The first kappa shape index (κ1) is 19.9. The number of esters is 2. The molecule has 0 aliphatic heterocycles. The van der Waals surface area contributed by atoms with E-state index in [0.717, 1.165) is 22.8 Å². The van der Waals surface area contributed by atoms with Crippen molar-refractivity contribution in [1.29, 1.82) is 0 Å². The van der Waals surface area contributed by atoms with Gasteiger partial charge in [-0.3, -0.25) is 0 Å². The minimum atomic E-state index is -0.501. The highest BCUT2D eigenvalue weighted by Gasteiger charge is 2.11. The lowest BCUT2D eigenvalue weighted by atomic mass is 10.1. The zero-order chi connectivity index (χ0) is 21.0. The number of hydrogen-bond acceptors (Lipinski definition) is 5. The van der Waals surface area contributed by atoms with Crippen molar-refractivity contribution in [2.45, 2.75) is 13.8 Å². The number of ether oxygens (including phenoxy) is 2. The van der Waals surface area contributed by atoms with Crippen molar-refractivity contribution in [3.63, 3.8) is 0 Å². The molecule has 0 bridgehead atoms. The smallest absolute Gasteiger partial charge is 0.338 e. The maximum atomic E-state index is 11.6. The summed E-state index contributed by atoms with van der Waals surface area (Å²) in [7, 11) is 0. The van der Waals surface area contributed by atoms with Crippen molar-refractivity contribution in [2.24, 2.45) is 0 Å². The highest BCUT2D eigenvalue weighted by molar-refractivity contribution is 5.88. The van der Waals surface area contributed by atoms with Gasteiger partial charge in [0.05, 0.1) is 0 Å². The fraction of sp³-hybridized carbons (Fsp3) is 0.0833. The van der Waals surface area contributed by atoms with Crippen molar-refractivity contribution >= 4 is 11.9 Å². The van der Waals surface area contributed by atoms with Gasteiger partial charge in [-0.1, -0.05) is 13.2 Å². The molecule has 0 unspecified atom stereocenters. The van der Waals surface area contributed by atoms with Gasteiger partial charge in [0.15, 0.2) is 0 Å². The summed E-state index contributed by atoms with van der Waals surface area (Å²) in [6, 6.07) is 16.2. The summed E-state index contributed by atoms with van der Waals surface area (Å²) < 4.78 is 16.3. The number of carbonyl (C=O) groups is 2. The van der Waals surface area contributed by atoms with Crippen LogP contribution in [0, 0.1) is 6.92 Å². The van der Waals surface area contributed by atoms with Crippen LogP contribution in [0.5, 0.6) is 11.5 Å². The van der Waals surface area contributed by atoms with E-state index >= 15 is 0 Å². The Balaban J connectivity index is 1.78. The third kappa shape index (κ3) is 4.71. The fourth-order valence-corrected chi connectivity index (χ4v) is 2.60. The summed E-state index contributed by atoms with van der Waals surface area (Å²) in [5.41, 5.74) is 2.85. The molecule has 146 valence electrons. The molecule has 1 heterocycles. The SMILES string of the molecule is C=CC(=O)Oc1ccc(-c2ccc(-c3ccc(OC(=O)C(=C)C)cc3)o2)cc1C. The van der Waals surface area contributed by atoms with E-state index < -0.39 is 11.9 Å². The zero-order valence-corrected chi connectivity index (χ0v) is 16.2. The lowest BCUT2D eigenvalue weighted by molar-refractivity contribution is -0.130. The van der Waals surface area contributed by atoms with Crippen molar-refractivity contribution in [3.05, 3.63) is 85.0 Å². The third-order valence-electron chi connectivity index (χ3n) is 4.14. The minimum Gasteiger partial charge on any atom is -0.456 e. The Labute approximate surface area is 168 Å². The number of furan rings is 1. The topological polar surface area (TPSA) is 65.7 Å². The first-order valence-electron chi connectivity index (χ1n) is 8.90. The van der Waals surface area contributed by atoms with Crippen LogP contribution in [0.25, 0.3) is 22.6 Å². The van der Waals surface area contributed by atoms with Gasteiger partial charge in [0.1, 0.15) is 23.0 Å². The fourth-order valence-electron chi connectivity index (χ4n) is 2.60. The first-order valence-corrected chi connectivity index (χ1v) is 8.90. The molecule has 0 saturated heterocycles. The van der Waals surface area contributed by atoms with Gasteiger partial charge >= 0.3 is 11.9 Å². The Morgan fingerprint density at radius 3 is 2.14 bits per heavy atom. The lowest BCUT2D eigenvalue weighted by Crippen LogP contribution is -2.07. The molecule has 3 aromatic rings.